The van der Waals surface area contributed by atoms with Crippen LogP contribution in [0.5, 0.6) is 0 Å². The Morgan fingerprint density at radius 1 is 1.25 bits per heavy atom. The number of rotatable bonds is 4. The van der Waals surface area contributed by atoms with Gasteiger partial charge in [0.05, 0.1) is 22.7 Å². The molecule has 0 fully saturated rings. The van der Waals surface area contributed by atoms with Gasteiger partial charge in [-0.15, -0.1) is 0 Å². The summed E-state index contributed by atoms with van der Waals surface area (Å²) in [5, 5.41) is 15.4. The van der Waals surface area contributed by atoms with Crippen LogP contribution in [0.1, 0.15) is 40.3 Å². The molecule has 11 heteroatoms. The number of hydrogen-bond acceptors (Lipinski definition) is 6. The van der Waals surface area contributed by atoms with Gasteiger partial charge in [0, 0.05) is 18.6 Å². The highest BCUT2D eigenvalue weighted by Crippen LogP contribution is 2.29. The number of alkyl halides is 3. The van der Waals surface area contributed by atoms with Gasteiger partial charge in [0.25, 0.3) is 5.91 Å². The molecule has 1 N–H and O–H groups in total. The lowest BCUT2D eigenvalue weighted by Gasteiger charge is -2.15. The van der Waals surface area contributed by atoms with Gasteiger partial charge < -0.3 is 5.32 Å². The summed E-state index contributed by atoms with van der Waals surface area (Å²) in [5.74, 6) is -0.0627. The molecule has 142 valence electrons. The predicted octanol–water partition coefficient (Wildman–Crippen LogP) is 2.44. The number of nitrogens with one attached hydrogen (secondary N) is 1. The van der Waals surface area contributed by atoms with Crippen molar-refractivity contribution in [1.29, 1.82) is 5.26 Å². The second-order valence-electron chi connectivity index (χ2n) is 5.70. The minimum absolute atomic E-state index is 0.232. The number of carbonyl (C=O) groups is 1. The molecular formula is C17H12F3N7O. The number of pyridine rings is 2. The number of halogens is 3. The van der Waals surface area contributed by atoms with Gasteiger partial charge in [0.2, 0.25) is 0 Å². The topological polar surface area (TPSA) is 109 Å². The van der Waals surface area contributed by atoms with Crippen LogP contribution in [0.15, 0.2) is 43.1 Å². The molecule has 0 radical (unpaired) electrons. The smallest absolute Gasteiger partial charge is 0.342 e. The summed E-state index contributed by atoms with van der Waals surface area (Å²) in [6.45, 7) is 1.60. The highest BCUT2D eigenvalue weighted by molar-refractivity contribution is 5.94. The standard InChI is InChI=1S/C17H12F3N7O/c1-10(26-16(28)12-4-13(8-22-7-12)17(18,19)20)15-24-9-25-27(15)14-3-2-11(5-21)6-23-14/h2-4,6-10H,1H3,(H,26,28)/t10-/m0/s1. The van der Waals surface area contributed by atoms with E-state index < -0.39 is 23.7 Å². The quantitative estimate of drug-likeness (QED) is 0.736. The van der Waals surface area contributed by atoms with Crippen molar-refractivity contribution in [3.05, 3.63) is 65.6 Å². The van der Waals surface area contributed by atoms with E-state index in [1.54, 1.807) is 19.1 Å². The van der Waals surface area contributed by atoms with E-state index in [2.05, 4.69) is 25.4 Å². The fraction of sp³-hybridized carbons (Fsp3) is 0.176. The Labute approximate surface area is 156 Å². The van der Waals surface area contributed by atoms with Crippen molar-refractivity contribution in [2.24, 2.45) is 0 Å². The van der Waals surface area contributed by atoms with Crippen LogP contribution in [0.2, 0.25) is 0 Å². The van der Waals surface area contributed by atoms with Crippen LogP contribution in [-0.2, 0) is 6.18 Å². The summed E-state index contributed by atoms with van der Waals surface area (Å²) in [7, 11) is 0. The van der Waals surface area contributed by atoms with Gasteiger partial charge in [-0.25, -0.2) is 9.97 Å². The van der Waals surface area contributed by atoms with E-state index in [1.165, 1.54) is 17.2 Å². The molecular weight excluding hydrogens is 375 g/mol. The van der Waals surface area contributed by atoms with Gasteiger partial charge in [-0.2, -0.15) is 28.2 Å². The highest BCUT2D eigenvalue weighted by Gasteiger charge is 2.31. The van der Waals surface area contributed by atoms with Crippen molar-refractivity contribution in [2.45, 2.75) is 19.1 Å². The van der Waals surface area contributed by atoms with E-state index >= 15 is 0 Å². The molecule has 1 atom stereocenters. The number of nitriles is 1. The fourth-order valence-electron chi connectivity index (χ4n) is 2.36. The van der Waals surface area contributed by atoms with Gasteiger partial charge in [0.15, 0.2) is 11.6 Å². The largest absolute Gasteiger partial charge is 0.417 e. The minimum Gasteiger partial charge on any atom is -0.342 e. The molecule has 3 aromatic rings. The average molecular weight is 387 g/mol. The first-order chi connectivity index (χ1) is 13.3. The molecule has 0 saturated heterocycles. The lowest BCUT2D eigenvalue weighted by Crippen LogP contribution is -2.29. The highest BCUT2D eigenvalue weighted by atomic mass is 19.4. The molecule has 8 nitrogen and oxygen atoms in total. The van der Waals surface area contributed by atoms with E-state index in [0.717, 1.165) is 12.3 Å². The van der Waals surface area contributed by atoms with Crippen LogP contribution in [0, 0.1) is 11.3 Å². The number of nitrogens with zero attached hydrogens (tertiary/aromatic N) is 6. The van der Waals surface area contributed by atoms with Crippen LogP contribution in [-0.4, -0.2) is 30.6 Å². The molecule has 0 spiro atoms. The fourth-order valence-corrected chi connectivity index (χ4v) is 2.36. The molecule has 3 heterocycles. The van der Waals surface area contributed by atoms with Crippen LogP contribution >= 0.6 is 0 Å². The van der Waals surface area contributed by atoms with Crippen molar-refractivity contribution in [1.82, 2.24) is 30.0 Å². The van der Waals surface area contributed by atoms with Crippen LogP contribution in [0.4, 0.5) is 13.2 Å². The first kappa shape index (κ1) is 19.0. The Balaban J connectivity index is 1.81. The summed E-state index contributed by atoms with van der Waals surface area (Å²) >= 11 is 0. The number of hydrogen-bond donors (Lipinski definition) is 1. The number of amides is 1. The van der Waals surface area contributed by atoms with E-state index in [1.807, 2.05) is 6.07 Å². The lowest BCUT2D eigenvalue weighted by molar-refractivity contribution is -0.137. The van der Waals surface area contributed by atoms with E-state index in [4.69, 9.17) is 5.26 Å². The maximum atomic E-state index is 12.8. The van der Waals surface area contributed by atoms with Gasteiger partial charge in [-0.3, -0.25) is 9.78 Å². The van der Waals surface area contributed by atoms with Gasteiger partial charge in [0.1, 0.15) is 12.4 Å². The summed E-state index contributed by atoms with van der Waals surface area (Å²) in [4.78, 5) is 24.0. The monoisotopic (exact) mass is 387 g/mol. The second kappa shape index (κ2) is 7.43. The molecule has 0 aromatic carbocycles. The Hall–Kier alpha value is -3.81. The molecule has 3 aromatic heterocycles. The van der Waals surface area contributed by atoms with Crippen molar-refractivity contribution in [2.75, 3.05) is 0 Å². The molecule has 0 bridgehead atoms. The zero-order chi connectivity index (χ0) is 20.3. The third kappa shape index (κ3) is 3.96. The second-order valence-corrected chi connectivity index (χ2v) is 5.70. The Morgan fingerprint density at radius 3 is 2.68 bits per heavy atom. The minimum atomic E-state index is -4.60. The van der Waals surface area contributed by atoms with Crippen molar-refractivity contribution >= 4 is 5.91 Å². The maximum absolute atomic E-state index is 12.8. The molecule has 0 saturated carbocycles. The molecule has 0 aliphatic heterocycles. The van der Waals surface area contributed by atoms with Gasteiger partial charge in [-0.1, -0.05) is 0 Å². The molecule has 0 unspecified atom stereocenters. The van der Waals surface area contributed by atoms with Crippen molar-refractivity contribution in [3.8, 4) is 11.9 Å². The molecule has 1 amide bonds. The Kier molecular flexibility index (Phi) is 5.04. The third-order valence-corrected chi connectivity index (χ3v) is 3.73. The Bertz CT molecular complexity index is 1040. The maximum Gasteiger partial charge on any atom is 0.417 e. The predicted molar refractivity (Wildman–Crippen MR) is 89.0 cm³/mol. The van der Waals surface area contributed by atoms with E-state index in [-0.39, 0.29) is 5.56 Å². The molecule has 28 heavy (non-hydrogen) atoms. The van der Waals surface area contributed by atoms with Gasteiger partial charge >= 0.3 is 6.18 Å². The zero-order valence-corrected chi connectivity index (χ0v) is 14.3. The lowest BCUT2D eigenvalue weighted by atomic mass is 10.2. The Morgan fingerprint density at radius 2 is 2.04 bits per heavy atom. The number of aromatic nitrogens is 5. The molecule has 0 aliphatic rings. The first-order valence-electron chi connectivity index (χ1n) is 7.89. The van der Waals surface area contributed by atoms with Crippen molar-refractivity contribution < 1.29 is 18.0 Å². The van der Waals surface area contributed by atoms with Crippen molar-refractivity contribution in [3.63, 3.8) is 0 Å². The van der Waals surface area contributed by atoms with E-state index in [9.17, 15) is 18.0 Å². The van der Waals surface area contributed by atoms with Crippen LogP contribution in [0.25, 0.3) is 5.82 Å². The van der Waals surface area contributed by atoms with E-state index in [0.29, 0.717) is 23.4 Å². The third-order valence-electron chi connectivity index (χ3n) is 3.73. The van der Waals surface area contributed by atoms with Gasteiger partial charge in [-0.05, 0) is 25.1 Å². The summed E-state index contributed by atoms with van der Waals surface area (Å²) in [6, 6.07) is 5.08. The normalized spacial score (nSPS) is 12.2. The number of carbonyl (C=O) groups excluding carboxylic acids is 1. The van der Waals surface area contributed by atoms with Crippen LogP contribution < -0.4 is 5.32 Å². The first-order valence-corrected chi connectivity index (χ1v) is 7.89. The van der Waals surface area contributed by atoms with Crippen LogP contribution in [0.3, 0.4) is 0 Å². The SMILES string of the molecule is C[C@H](NC(=O)c1cncc(C(F)(F)F)c1)c1ncnn1-c1ccc(C#N)cn1. The summed E-state index contributed by atoms with van der Waals surface area (Å²) < 4.78 is 39.7. The molecule has 0 aliphatic carbocycles. The average Bonchev–Trinajstić information content (AvgIpc) is 3.17. The summed E-state index contributed by atoms with van der Waals surface area (Å²) in [6.07, 6.45) is -0.296. The summed E-state index contributed by atoms with van der Waals surface area (Å²) in [5.41, 5.74) is -0.884. The zero-order valence-electron chi connectivity index (χ0n) is 14.3. The molecule has 3 rings (SSSR count).